The van der Waals surface area contributed by atoms with Gasteiger partial charge in [-0.15, -0.1) is 0 Å². The van der Waals surface area contributed by atoms with Crippen LogP contribution in [0.25, 0.3) is 0 Å². The predicted molar refractivity (Wildman–Crippen MR) is 117 cm³/mol. The number of rotatable bonds is 7. The van der Waals surface area contributed by atoms with Gasteiger partial charge < -0.3 is 14.5 Å². The van der Waals surface area contributed by atoms with Crippen LogP contribution in [0.3, 0.4) is 0 Å². The summed E-state index contributed by atoms with van der Waals surface area (Å²) in [5.41, 5.74) is 8.11. The number of amides is 2. The lowest BCUT2D eigenvalue weighted by atomic mass is 10.1. The number of nitrogens with one attached hydrogen (secondary N) is 3. The highest BCUT2D eigenvalue weighted by molar-refractivity contribution is 5.82. The molecule has 0 spiro atoms. The Labute approximate surface area is 178 Å². The van der Waals surface area contributed by atoms with Crippen molar-refractivity contribution in [3.63, 3.8) is 0 Å². The topological polar surface area (TPSA) is 75.1 Å². The molecule has 1 saturated heterocycles. The van der Waals surface area contributed by atoms with Gasteiger partial charge in [-0.25, -0.2) is 0 Å². The molecule has 0 atom stereocenters. The Kier molecular flexibility index (Phi) is 7.68. The van der Waals surface area contributed by atoms with E-state index in [1.54, 1.807) is 0 Å². The van der Waals surface area contributed by atoms with Gasteiger partial charge in [0.05, 0.1) is 39.1 Å². The third-order valence-electron chi connectivity index (χ3n) is 5.40. The molecule has 1 heterocycles. The summed E-state index contributed by atoms with van der Waals surface area (Å²) in [5, 5.41) is 0. The zero-order valence-corrected chi connectivity index (χ0v) is 17.7. The Morgan fingerprint density at radius 1 is 0.933 bits per heavy atom. The van der Waals surface area contributed by atoms with Crippen LogP contribution >= 0.6 is 0 Å². The predicted octanol–water partition coefficient (Wildman–Crippen LogP) is 0.625. The smallest absolute Gasteiger partial charge is 0.276 e. The molecule has 30 heavy (non-hydrogen) atoms. The van der Waals surface area contributed by atoms with Crippen molar-refractivity contribution < 1.29 is 19.2 Å². The molecular formula is C23H31N4O3+. The van der Waals surface area contributed by atoms with Crippen LogP contribution in [-0.4, -0.2) is 51.1 Å². The number of benzene rings is 2. The Morgan fingerprint density at radius 3 is 2.23 bits per heavy atom. The SMILES string of the molecule is Cc1cccc(C)c1OCC(=O)NNC(=O)CC[NH+]1CCN(c2ccccc2)CC1. The Hall–Kier alpha value is -3.06. The van der Waals surface area contributed by atoms with E-state index in [0.717, 1.165) is 43.9 Å². The summed E-state index contributed by atoms with van der Waals surface area (Å²) >= 11 is 0. The number of piperazine rings is 1. The number of hydrogen-bond acceptors (Lipinski definition) is 4. The first kappa shape index (κ1) is 21.6. The van der Waals surface area contributed by atoms with Gasteiger partial charge in [0.2, 0.25) is 5.91 Å². The quantitative estimate of drug-likeness (QED) is 0.584. The van der Waals surface area contributed by atoms with Crippen molar-refractivity contribution in [2.45, 2.75) is 20.3 Å². The van der Waals surface area contributed by atoms with Crippen LogP contribution in [-0.2, 0) is 9.59 Å². The van der Waals surface area contributed by atoms with E-state index in [9.17, 15) is 9.59 Å². The minimum absolute atomic E-state index is 0.140. The van der Waals surface area contributed by atoms with Crippen molar-refractivity contribution in [3.8, 4) is 5.75 Å². The standard InChI is InChI=1S/C23H30N4O3/c1-18-7-6-8-19(2)23(18)30-17-22(29)25-24-21(28)11-12-26-13-15-27(16-14-26)20-9-4-3-5-10-20/h3-10H,11-17H2,1-2H3,(H,24,28)(H,25,29)/p+1. The summed E-state index contributed by atoms with van der Waals surface area (Å²) in [4.78, 5) is 27.8. The number of quaternary nitrogens is 1. The second-order valence-corrected chi connectivity index (χ2v) is 7.68. The van der Waals surface area contributed by atoms with Gasteiger partial charge in [0, 0.05) is 5.69 Å². The first-order chi connectivity index (χ1) is 14.5. The summed E-state index contributed by atoms with van der Waals surface area (Å²) in [5.74, 6) is 0.139. The lowest BCUT2D eigenvalue weighted by molar-refractivity contribution is -0.900. The molecule has 0 aliphatic carbocycles. The number of hydrazine groups is 1. The van der Waals surface area contributed by atoms with Crippen molar-refractivity contribution in [1.29, 1.82) is 0 Å². The molecule has 0 saturated carbocycles. The van der Waals surface area contributed by atoms with Crippen molar-refractivity contribution in [3.05, 3.63) is 59.7 Å². The van der Waals surface area contributed by atoms with Crippen LogP contribution in [0.4, 0.5) is 5.69 Å². The first-order valence-electron chi connectivity index (χ1n) is 10.4. The highest BCUT2D eigenvalue weighted by atomic mass is 16.5. The van der Waals surface area contributed by atoms with E-state index in [1.807, 2.05) is 38.1 Å². The fourth-order valence-corrected chi connectivity index (χ4v) is 3.66. The highest BCUT2D eigenvalue weighted by Gasteiger charge is 2.20. The van der Waals surface area contributed by atoms with Crippen LogP contribution < -0.4 is 25.4 Å². The van der Waals surface area contributed by atoms with Gasteiger partial charge in [-0.1, -0.05) is 36.4 Å². The van der Waals surface area contributed by atoms with Crippen LogP contribution in [0, 0.1) is 13.8 Å². The summed E-state index contributed by atoms with van der Waals surface area (Å²) in [6.45, 7) is 8.44. The van der Waals surface area contributed by atoms with E-state index in [4.69, 9.17) is 4.74 Å². The maximum absolute atomic E-state index is 12.1. The minimum Gasteiger partial charge on any atom is -0.483 e. The molecule has 0 radical (unpaired) electrons. The van der Waals surface area contributed by atoms with E-state index < -0.39 is 0 Å². The molecule has 7 heteroatoms. The zero-order valence-electron chi connectivity index (χ0n) is 17.7. The van der Waals surface area contributed by atoms with E-state index in [1.165, 1.54) is 10.6 Å². The third kappa shape index (κ3) is 6.22. The van der Waals surface area contributed by atoms with Crippen LogP contribution in [0.15, 0.2) is 48.5 Å². The third-order valence-corrected chi connectivity index (χ3v) is 5.40. The summed E-state index contributed by atoms with van der Waals surface area (Å²) in [6.07, 6.45) is 0.374. The Bertz CT molecular complexity index is 829. The second-order valence-electron chi connectivity index (χ2n) is 7.68. The summed E-state index contributed by atoms with van der Waals surface area (Å²) in [7, 11) is 0. The molecule has 3 rings (SSSR count). The largest absolute Gasteiger partial charge is 0.483 e. The molecule has 2 aromatic carbocycles. The Morgan fingerprint density at radius 2 is 1.57 bits per heavy atom. The number of anilines is 1. The number of carbonyl (C=O) groups is 2. The number of para-hydroxylation sites is 2. The molecule has 160 valence electrons. The molecule has 1 aliphatic heterocycles. The van der Waals surface area contributed by atoms with Crippen molar-refractivity contribution >= 4 is 17.5 Å². The molecule has 0 aromatic heterocycles. The van der Waals surface area contributed by atoms with Gasteiger partial charge in [-0.3, -0.25) is 20.4 Å². The van der Waals surface area contributed by atoms with Crippen molar-refractivity contribution in [2.24, 2.45) is 0 Å². The average Bonchev–Trinajstić information content (AvgIpc) is 2.77. The lowest BCUT2D eigenvalue weighted by Crippen LogP contribution is -3.15. The van der Waals surface area contributed by atoms with Crippen molar-refractivity contribution in [1.82, 2.24) is 10.9 Å². The fourth-order valence-electron chi connectivity index (χ4n) is 3.66. The van der Waals surface area contributed by atoms with E-state index >= 15 is 0 Å². The molecule has 0 bridgehead atoms. The monoisotopic (exact) mass is 411 g/mol. The average molecular weight is 412 g/mol. The zero-order chi connectivity index (χ0) is 21.3. The first-order valence-corrected chi connectivity index (χ1v) is 10.4. The molecule has 3 N–H and O–H groups in total. The van der Waals surface area contributed by atoms with Gasteiger partial charge in [-0.2, -0.15) is 0 Å². The summed E-state index contributed by atoms with van der Waals surface area (Å²) < 4.78 is 5.59. The second kappa shape index (κ2) is 10.6. The molecule has 2 aromatic rings. The van der Waals surface area contributed by atoms with Crippen LogP contribution in [0.5, 0.6) is 5.75 Å². The van der Waals surface area contributed by atoms with Gasteiger partial charge in [-0.05, 0) is 37.1 Å². The molecule has 0 unspecified atom stereocenters. The number of hydrogen-bond donors (Lipinski definition) is 3. The summed E-state index contributed by atoms with van der Waals surface area (Å²) in [6, 6.07) is 16.2. The molecule has 1 aliphatic rings. The minimum atomic E-state index is -0.380. The number of nitrogens with zero attached hydrogens (tertiary/aromatic N) is 1. The molecule has 1 fully saturated rings. The number of ether oxygens (including phenoxy) is 1. The maximum Gasteiger partial charge on any atom is 0.276 e. The van der Waals surface area contributed by atoms with Gasteiger partial charge in [0.1, 0.15) is 5.75 Å². The Balaban J connectivity index is 1.31. The fraction of sp³-hybridized carbons (Fsp3) is 0.391. The number of carbonyl (C=O) groups excluding carboxylic acids is 2. The van der Waals surface area contributed by atoms with E-state index in [2.05, 4.69) is 40.0 Å². The van der Waals surface area contributed by atoms with Crippen LogP contribution in [0.2, 0.25) is 0 Å². The van der Waals surface area contributed by atoms with Crippen molar-refractivity contribution in [2.75, 3.05) is 44.2 Å². The van der Waals surface area contributed by atoms with E-state index in [0.29, 0.717) is 12.2 Å². The van der Waals surface area contributed by atoms with Gasteiger partial charge >= 0.3 is 0 Å². The molecular weight excluding hydrogens is 380 g/mol. The van der Waals surface area contributed by atoms with Crippen LogP contribution in [0.1, 0.15) is 17.5 Å². The van der Waals surface area contributed by atoms with E-state index in [-0.39, 0.29) is 18.4 Å². The highest BCUT2D eigenvalue weighted by Crippen LogP contribution is 2.21. The lowest BCUT2D eigenvalue weighted by Gasteiger charge is -2.33. The molecule has 7 nitrogen and oxygen atoms in total. The van der Waals surface area contributed by atoms with Gasteiger partial charge in [0.15, 0.2) is 6.61 Å². The molecule has 2 amide bonds. The van der Waals surface area contributed by atoms with Gasteiger partial charge in [0.25, 0.3) is 5.91 Å². The number of aryl methyl sites for hydroxylation is 2. The normalized spacial score (nSPS) is 14.3. The maximum atomic E-state index is 12.1.